The van der Waals surface area contributed by atoms with Gasteiger partial charge in [-0.1, -0.05) is 140 Å². The van der Waals surface area contributed by atoms with Crippen molar-refractivity contribution in [2.45, 2.75) is 0 Å². The summed E-state index contributed by atoms with van der Waals surface area (Å²) in [4.78, 5) is 2.36. The molecule has 0 aliphatic carbocycles. The van der Waals surface area contributed by atoms with Gasteiger partial charge in [0.25, 0.3) is 0 Å². The number of benzene rings is 10. The summed E-state index contributed by atoms with van der Waals surface area (Å²) in [6.07, 6.45) is 0. The highest BCUT2D eigenvalue weighted by Crippen LogP contribution is 2.44. The molecule has 0 bridgehead atoms. The van der Waals surface area contributed by atoms with E-state index in [0.717, 1.165) is 72.5 Å². The van der Waals surface area contributed by atoms with Crippen molar-refractivity contribution in [2.24, 2.45) is 0 Å². The second-order valence-corrected chi connectivity index (χ2v) is 15.7. The van der Waals surface area contributed by atoms with E-state index in [1.54, 1.807) is 0 Å². The Kier molecular flexibility index (Phi) is 8.17. The maximum absolute atomic E-state index is 6.44. The van der Waals surface area contributed by atoms with Crippen LogP contribution in [0.5, 0.6) is 0 Å². The van der Waals surface area contributed by atoms with E-state index in [4.69, 9.17) is 4.42 Å². The van der Waals surface area contributed by atoms with Gasteiger partial charge in [0.2, 0.25) is 0 Å². The SMILES string of the molecule is c1ccc(N(c2ccccc2)c2ccc(-c3cc(-c4ccc5c(c4)oc4ccccc45)cc(-c4ccc5c6ccccc6n(-c6ccccc6)c5c4)c3)c3ccccc23)cc1. The first kappa shape index (κ1) is 34.9. The third-order valence-corrected chi connectivity index (χ3v) is 12.1. The second kappa shape index (κ2) is 14.3. The number of fused-ring (bicyclic) bond motifs is 7. The van der Waals surface area contributed by atoms with Crippen LogP contribution in [0.2, 0.25) is 0 Å². The molecule has 3 heteroatoms. The molecule has 0 amide bonds. The van der Waals surface area contributed by atoms with Crippen molar-refractivity contribution < 1.29 is 4.42 Å². The first-order valence-electron chi connectivity index (χ1n) is 20.8. The van der Waals surface area contributed by atoms with Gasteiger partial charge < -0.3 is 13.9 Å². The molecular formula is C58H38N2O. The molecule has 0 saturated carbocycles. The van der Waals surface area contributed by atoms with Crippen molar-refractivity contribution in [3.8, 4) is 39.1 Å². The third-order valence-electron chi connectivity index (χ3n) is 12.1. The van der Waals surface area contributed by atoms with Crippen LogP contribution >= 0.6 is 0 Å². The lowest BCUT2D eigenvalue weighted by Gasteiger charge is -2.27. The van der Waals surface area contributed by atoms with Crippen LogP contribution in [0.3, 0.4) is 0 Å². The van der Waals surface area contributed by atoms with E-state index >= 15 is 0 Å². The fourth-order valence-corrected chi connectivity index (χ4v) is 9.34. The third kappa shape index (κ3) is 5.90. The van der Waals surface area contributed by atoms with Crippen molar-refractivity contribution >= 4 is 71.6 Å². The Balaban J connectivity index is 1.09. The van der Waals surface area contributed by atoms with Crippen LogP contribution in [-0.2, 0) is 0 Å². The van der Waals surface area contributed by atoms with Gasteiger partial charge in [-0.25, -0.2) is 0 Å². The van der Waals surface area contributed by atoms with Gasteiger partial charge >= 0.3 is 0 Å². The molecule has 12 aromatic rings. The number of para-hydroxylation sites is 5. The standard InChI is InChI=1S/C58H38N2O/c1-4-16-44(17-5-1)59(45-18-6-2-7-19-45)55-33-32-47(48-22-10-11-23-49(48)55)43-35-41(34-42(36-43)40-29-31-53-52-25-13-15-27-57(52)61-58(53)38-40)39-28-30-51-50-24-12-14-26-54(50)60(56(51)37-39)46-20-8-3-9-21-46/h1-38H. The molecule has 0 N–H and O–H groups in total. The topological polar surface area (TPSA) is 21.3 Å². The number of rotatable bonds is 7. The molecule has 0 fully saturated rings. The normalized spacial score (nSPS) is 11.6. The van der Waals surface area contributed by atoms with Gasteiger partial charge in [0.05, 0.1) is 16.7 Å². The van der Waals surface area contributed by atoms with Crippen LogP contribution in [0.25, 0.3) is 93.6 Å². The average Bonchev–Trinajstić information content (AvgIpc) is 3.87. The average molecular weight is 779 g/mol. The Morgan fingerprint density at radius 2 is 0.836 bits per heavy atom. The Bertz CT molecular complexity index is 3540. The van der Waals surface area contributed by atoms with E-state index in [0.29, 0.717) is 0 Å². The largest absolute Gasteiger partial charge is 0.456 e. The molecule has 0 aliphatic rings. The molecule has 0 saturated heterocycles. The predicted molar refractivity (Wildman–Crippen MR) is 257 cm³/mol. The van der Waals surface area contributed by atoms with Crippen LogP contribution in [0.15, 0.2) is 235 Å². The van der Waals surface area contributed by atoms with Crippen LogP contribution in [-0.4, -0.2) is 4.57 Å². The Hall–Kier alpha value is -8.14. The maximum atomic E-state index is 6.44. The number of aromatic nitrogens is 1. The van der Waals surface area contributed by atoms with Gasteiger partial charge in [-0.15, -0.1) is 0 Å². The molecule has 12 rings (SSSR count). The molecule has 286 valence electrons. The smallest absolute Gasteiger partial charge is 0.136 e. The van der Waals surface area contributed by atoms with Crippen molar-refractivity contribution in [3.63, 3.8) is 0 Å². The first-order valence-corrected chi connectivity index (χ1v) is 20.8. The van der Waals surface area contributed by atoms with Crippen molar-refractivity contribution in [1.82, 2.24) is 4.57 Å². The summed E-state index contributed by atoms with van der Waals surface area (Å²) in [6.45, 7) is 0. The number of hydrogen-bond acceptors (Lipinski definition) is 2. The quantitative estimate of drug-likeness (QED) is 0.161. The summed E-state index contributed by atoms with van der Waals surface area (Å²) < 4.78 is 8.83. The minimum Gasteiger partial charge on any atom is -0.456 e. The van der Waals surface area contributed by atoms with Gasteiger partial charge in [-0.3, -0.25) is 0 Å². The van der Waals surface area contributed by atoms with E-state index < -0.39 is 0 Å². The highest BCUT2D eigenvalue weighted by molar-refractivity contribution is 6.11. The monoisotopic (exact) mass is 778 g/mol. The van der Waals surface area contributed by atoms with E-state index in [-0.39, 0.29) is 0 Å². The molecule has 0 atom stereocenters. The Morgan fingerprint density at radius 1 is 0.311 bits per heavy atom. The molecule has 10 aromatic carbocycles. The van der Waals surface area contributed by atoms with E-state index in [9.17, 15) is 0 Å². The number of nitrogens with zero attached hydrogens (tertiary/aromatic N) is 2. The lowest BCUT2D eigenvalue weighted by molar-refractivity contribution is 0.669. The zero-order valence-electron chi connectivity index (χ0n) is 33.2. The number of hydrogen-bond donors (Lipinski definition) is 0. The van der Waals surface area contributed by atoms with Gasteiger partial charge in [0, 0.05) is 44.0 Å². The summed E-state index contributed by atoms with van der Waals surface area (Å²) in [5, 5.41) is 7.10. The molecule has 0 radical (unpaired) electrons. The second-order valence-electron chi connectivity index (χ2n) is 15.7. The zero-order chi connectivity index (χ0) is 40.3. The van der Waals surface area contributed by atoms with Gasteiger partial charge in [0.15, 0.2) is 0 Å². The maximum Gasteiger partial charge on any atom is 0.136 e. The molecule has 3 nitrogen and oxygen atoms in total. The van der Waals surface area contributed by atoms with E-state index in [1.807, 2.05) is 12.1 Å². The molecule has 2 heterocycles. The van der Waals surface area contributed by atoms with E-state index in [1.165, 1.54) is 38.1 Å². The molecule has 0 aliphatic heterocycles. The molecule has 61 heavy (non-hydrogen) atoms. The molecule has 2 aromatic heterocycles. The highest BCUT2D eigenvalue weighted by Gasteiger charge is 2.19. The molecule has 0 spiro atoms. The van der Waals surface area contributed by atoms with Crippen LogP contribution in [0.4, 0.5) is 17.1 Å². The van der Waals surface area contributed by atoms with Crippen LogP contribution in [0, 0.1) is 0 Å². The summed E-state index contributed by atoms with van der Waals surface area (Å²) in [7, 11) is 0. The summed E-state index contributed by atoms with van der Waals surface area (Å²) in [6, 6.07) is 83.0. The van der Waals surface area contributed by atoms with Crippen molar-refractivity contribution in [1.29, 1.82) is 0 Å². The van der Waals surface area contributed by atoms with Crippen LogP contribution in [0.1, 0.15) is 0 Å². The zero-order valence-corrected chi connectivity index (χ0v) is 33.2. The van der Waals surface area contributed by atoms with Gasteiger partial charge in [-0.2, -0.15) is 0 Å². The summed E-state index contributed by atoms with van der Waals surface area (Å²) in [5.74, 6) is 0. The predicted octanol–water partition coefficient (Wildman–Crippen LogP) is 16.3. The highest BCUT2D eigenvalue weighted by atomic mass is 16.3. The fraction of sp³-hybridized carbons (Fsp3) is 0. The fourth-order valence-electron chi connectivity index (χ4n) is 9.34. The Labute approximate surface area is 353 Å². The molecule has 0 unspecified atom stereocenters. The minimum atomic E-state index is 0.885. The minimum absolute atomic E-state index is 0.885. The summed E-state index contributed by atoms with van der Waals surface area (Å²) >= 11 is 0. The first-order chi connectivity index (χ1) is 30.2. The number of anilines is 3. The van der Waals surface area contributed by atoms with Crippen molar-refractivity contribution in [3.05, 3.63) is 231 Å². The van der Waals surface area contributed by atoms with Crippen LogP contribution < -0.4 is 4.90 Å². The van der Waals surface area contributed by atoms with Gasteiger partial charge in [0.1, 0.15) is 11.2 Å². The Morgan fingerprint density at radius 3 is 1.56 bits per heavy atom. The van der Waals surface area contributed by atoms with E-state index in [2.05, 4.69) is 228 Å². The number of furan rings is 1. The summed E-state index contributed by atoms with van der Waals surface area (Å²) in [5.41, 5.74) is 15.5. The lowest BCUT2D eigenvalue weighted by Crippen LogP contribution is -2.10. The molecular weight excluding hydrogens is 741 g/mol. The van der Waals surface area contributed by atoms with Gasteiger partial charge in [-0.05, 0) is 130 Å². The lowest BCUT2D eigenvalue weighted by atomic mass is 9.90. The van der Waals surface area contributed by atoms with Crippen molar-refractivity contribution in [2.75, 3.05) is 4.90 Å².